The van der Waals surface area contributed by atoms with Gasteiger partial charge in [0, 0.05) is 25.3 Å². The van der Waals surface area contributed by atoms with E-state index in [2.05, 4.69) is 46.5 Å². The molecule has 0 amide bonds. The van der Waals surface area contributed by atoms with Crippen LogP contribution in [0, 0.1) is 5.92 Å². The number of aliphatic imine (C=N–C) groups is 1. The van der Waals surface area contributed by atoms with Gasteiger partial charge in [-0.2, -0.15) is 0 Å². The number of nitrogens with one attached hydrogen (secondary N) is 2. The lowest BCUT2D eigenvalue weighted by atomic mass is 10.1. The number of likely N-dealkylation sites (N-methyl/N-ethyl adjacent to an activating group) is 1. The number of rotatable bonds is 7. The summed E-state index contributed by atoms with van der Waals surface area (Å²) in [5.74, 6) is 1.71. The fraction of sp³-hybridized carbons (Fsp3) is 0.625. The molecule has 1 atom stereocenters. The van der Waals surface area contributed by atoms with Gasteiger partial charge in [0.2, 0.25) is 0 Å². The molecule has 0 aromatic carbocycles. The molecule has 0 saturated heterocycles. The molecule has 2 rings (SSSR count). The fourth-order valence-electron chi connectivity index (χ4n) is 2.45. The molecule has 0 spiro atoms. The van der Waals surface area contributed by atoms with E-state index >= 15 is 0 Å². The predicted molar refractivity (Wildman–Crippen MR) is 103 cm³/mol. The van der Waals surface area contributed by atoms with E-state index in [0.29, 0.717) is 12.6 Å². The molecule has 22 heavy (non-hydrogen) atoms. The maximum Gasteiger partial charge on any atom is 0.191 e. The average Bonchev–Trinajstić information content (AvgIpc) is 3.30. The summed E-state index contributed by atoms with van der Waals surface area (Å²) in [4.78, 5) is 11.2. The lowest BCUT2D eigenvalue weighted by Gasteiger charge is -2.25. The third kappa shape index (κ3) is 6.48. The van der Waals surface area contributed by atoms with Crippen molar-refractivity contribution in [2.75, 3.05) is 27.2 Å². The topological polar surface area (TPSA) is 52.6 Å². The highest BCUT2D eigenvalue weighted by Gasteiger charge is 2.32. The lowest BCUT2D eigenvalue weighted by molar-refractivity contribution is 0.264. The standard InChI is InChI=1S/C16H27N5.HI/c1-4-17-16(19-11-14-7-5-6-10-18-14)20-12-15(21(2)3)13-8-9-13;/h5-7,10,13,15H,4,8-9,11-12H2,1-3H3,(H2,17,19,20);1H. The highest BCUT2D eigenvalue weighted by molar-refractivity contribution is 14.0. The van der Waals surface area contributed by atoms with Crippen molar-refractivity contribution >= 4 is 29.9 Å². The Morgan fingerprint density at radius 1 is 1.36 bits per heavy atom. The number of nitrogens with zero attached hydrogens (tertiary/aromatic N) is 3. The summed E-state index contributed by atoms with van der Waals surface area (Å²) >= 11 is 0. The zero-order chi connectivity index (χ0) is 15.1. The van der Waals surface area contributed by atoms with Gasteiger partial charge in [-0.3, -0.25) is 4.98 Å². The van der Waals surface area contributed by atoms with Gasteiger partial charge >= 0.3 is 0 Å². The monoisotopic (exact) mass is 417 g/mol. The van der Waals surface area contributed by atoms with Gasteiger partial charge in [-0.25, -0.2) is 4.99 Å². The summed E-state index contributed by atoms with van der Waals surface area (Å²) in [6, 6.07) is 6.50. The van der Waals surface area contributed by atoms with Gasteiger partial charge in [-0.15, -0.1) is 24.0 Å². The minimum Gasteiger partial charge on any atom is -0.357 e. The molecule has 0 radical (unpaired) electrons. The summed E-state index contributed by atoms with van der Waals surface area (Å²) in [5, 5.41) is 6.76. The highest BCUT2D eigenvalue weighted by atomic mass is 127. The number of guanidine groups is 1. The Bertz CT molecular complexity index is 443. The van der Waals surface area contributed by atoms with Crippen molar-refractivity contribution in [2.24, 2.45) is 10.9 Å². The van der Waals surface area contributed by atoms with Crippen LogP contribution in [-0.4, -0.2) is 49.1 Å². The van der Waals surface area contributed by atoms with Crippen LogP contribution in [-0.2, 0) is 6.54 Å². The first-order chi connectivity index (χ1) is 10.2. The number of aromatic nitrogens is 1. The van der Waals surface area contributed by atoms with Crippen molar-refractivity contribution in [1.29, 1.82) is 0 Å². The lowest BCUT2D eigenvalue weighted by Crippen LogP contribution is -2.46. The van der Waals surface area contributed by atoms with Gasteiger partial charge in [-0.1, -0.05) is 6.07 Å². The second-order valence-corrected chi connectivity index (χ2v) is 5.77. The second kappa shape index (κ2) is 9.99. The Morgan fingerprint density at radius 3 is 2.68 bits per heavy atom. The van der Waals surface area contributed by atoms with E-state index in [9.17, 15) is 0 Å². The second-order valence-electron chi connectivity index (χ2n) is 5.77. The smallest absolute Gasteiger partial charge is 0.191 e. The fourth-order valence-corrected chi connectivity index (χ4v) is 2.45. The molecule has 1 fully saturated rings. The van der Waals surface area contributed by atoms with Gasteiger partial charge in [0.15, 0.2) is 5.96 Å². The first-order valence-electron chi connectivity index (χ1n) is 7.79. The molecule has 1 aromatic heterocycles. The van der Waals surface area contributed by atoms with E-state index in [-0.39, 0.29) is 24.0 Å². The molecule has 6 heteroatoms. The molecule has 0 aliphatic heterocycles. The van der Waals surface area contributed by atoms with Crippen LogP contribution in [0.3, 0.4) is 0 Å². The summed E-state index contributed by atoms with van der Waals surface area (Å²) in [6.45, 7) is 4.49. The maximum atomic E-state index is 4.61. The molecular weight excluding hydrogens is 389 g/mol. The Balaban J connectivity index is 0.00000242. The van der Waals surface area contributed by atoms with Crippen LogP contribution in [0.5, 0.6) is 0 Å². The van der Waals surface area contributed by atoms with Gasteiger partial charge in [0.1, 0.15) is 0 Å². The van der Waals surface area contributed by atoms with Crippen LogP contribution in [0.15, 0.2) is 29.4 Å². The van der Waals surface area contributed by atoms with E-state index in [4.69, 9.17) is 0 Å². The minimum atomic E-state index is 0. The third-order valence-corrected chi connectivity index (χ3v) is 3.78. The number of halogens is 1. The third-order valence-electron chi connectivity index (χ3n) is 3.78. The molecule has 2 N–H and O–H groups in total. The molecule has 1 aromatic rings. The van der Waals surface area contributed by atoms with Crippen molar-refractivity contribution in [3.05, 3.63) is 30.1 Å². The quantitative estimate of drug-likeness (QED) is 0.406. The van der Waals surface area contributed by atoms with Crippen molar-refractivity contribution in [3.8, 4) is 0 Å². The Morgan fingerprint density at radius 2 is 2.14 bits per heavy atom. The first-order valence-corrected chi connectivity index (χ1v) is 7.79. The van der Waals surface area contributed by atoms with Gasteiger partial charge in [0.25, 0.3) is 0 Å². The SMILES string of the molecule is CCNC(=NCc1ccccn1)NCC(C1CC1)N(C)C.I. The van der Waals surface area contributed by atoms with E-state index in [1.807, 2.05) is 18.2 Å². The van der Waals surface area contributed by atoms with Gasteiger partial charge < -0.3 is 15.5 Å². The van der Waals surface area contributed by atoms with E-state index in [1.54, 1.807) is 6.20 Å². The van der Waals surface area contributed by atoms with Crippen molar-refractivity contribution in [2.45, 2.75) is 32.4 Å². The van der Waals surface area contributed by atoms with Crippen LogP contribution in [0.25, 0.3) is 0 Å². The first kappa shape index (κ1) is 19.2. The van der Waals surface area contributed by atoms with Crippen LogP contribution < -0.4 is 10.6 Å². The number of hydrogen-bond donors (Lipinski definition) is 2. The average molecular weight is 417 g/mol. The van der Waals surface area contributed by atoms with Crippen LogP contribution in [0.2, 0.25) is 0 Å². The molecule has 1 aliphatic carbocycles. The summed E-state index contributed by atoms with van der Waals surface area (Å²) in [5.41, 5.74) is 0.987. The normalized spacial score (nSPS) is 16.1. The summed E-state index contributed by atoms with van der Waals surface area (Å²) < 4.78 is 0. The van der Waals surface area contributed by atoms with Gasteiger partial charge in [-0.05, 0) is 51.9 Å². The molecule has 0 bridgehead atoms. The molecule has 1 saturated carbocycles. The zero-order valence-electron chi connectivity index (χ0n) is 13.7. The largest absolute Gasteiger partial charge is 0.357 e. The van der Waals surface area contributed by atoms with Crippen molar-refractivity contribution in [3.63, 3.8) is 0 Å². The highest BCUT2D eigenvalue weighted by Crippen LogP contribution is 2.34. The molecule has 5 nitrogen and oxygen atoms in total. The Hall–Kier alpha value is -0.890. The molecular formula is C16H28IN5. The van der Waals surface area contributed by atoms with E-state index in [0.717, 1.165) is 30.7 Å². The maximum absolute atomic E-state index is 4.61. The number of pyridine rings is 1. The molecule has 1 heterocycles. The van der Waals surface area contributed by atoms with Gasteiger partial charge in [0.05, 0.1) is 12.2 Å². The number of hydrogen-bond acceptors (Lipinski definition) is 3. The van der Waals surface area contributed by atoms with Crippen LogP contribution in [0.4, 0.5) is 0 Å². The van der Waals surface area contributed by atoms with Crippen LogP contribution >= 0.6 is 24.0 Å². The van der Waals surface area contributed by atoms with Crippen molar-refractivity contribution < 1.29 is 0 Å². The zero-order valence-corrected chi connectivity index (χ0v) is 16.1. The molecule has 124 valence electrons. The van der Waals surface area contributed by atoms with E-state index < -0.39 is 0 Å². The Labute approximate surface area is 151 Å². The summed E-state index contributed by atoms with van der Waals surface area (Å²) in [7, 11) is 4.31. The van der Waals surface area contributed by atoms with E-state index in [1.165, 1.54) is 12.8 Å². The van der Waals surface area contributed by atoms with Crippen molar-refractivity contribution in [1.82, 2.24) is 20.5 Å². The summed E-state index contributed by atoms with van der Waals surface area (Å²) in [6.07, 6.45) is 4.51. The molecule has 1 unspecified atom stereocenters. The van der Waals surface area contributed by atoms with Crippen LogP contribution in [0.1, 0.15) is 25.5 Å². The minimum absolute atomic E-state index is 0. The predicted octanol–water partition coefficient (Wildman–Crippen LogP) is 2.09. The molecule has 1 aliphatic rings. The Kier molecular flexibility index (Phi) is 8.70.